The number of hydrogen-bond acceptors (Lipinski definition) is 4. The molecule has 5 nitrogen and oxygen atoms in total. The third-order valence-corrected chi connectivity index (χ3v) is 5.09. The van der Waals surface area contributed by atoms with Gasteiger partial charge in [0.2, 0.25) is 0 Å². The highest BCUT2D eigenvalue weighted by Gasteiger charge is 2.27. The molecule has 2 aliphatic heterocycles. The maximum absolute atomic E-state index is 11.0. The Morgan fingerprint density at radius 3 is 3.11 bits per heavy atom. The molecule has 3 heterocycles. The average molecular weight is 267 g/mol. The standard InChI is InChI=1S/C12H17N3O2S/c16-12(17)8-3-4-15-11(6-8)13-10(14-15)7-9-2-1-5-18-9/h8-9H,1-7H2,(H,16,17). The highest BCUT2D eigenvalue weighted by Crippen LogP contribution is 2.28. The predicted octanol–water partition coefficient (Wildman–Crippen LogP) is 1.36. The summed E-state index contributed by atoms with van der Waals surface area (Å²) in [6.45, 7) is 0.692. The minimum Gasteiger partial charge on any atom is -0.481 e. The molecule has 2 atom stereocenters. The zero-order valence-electron chi connectivity index (χ0n) is 10.2. The van der Waals surface area contributed by atoms with Crippen molar-refractivity contribution < 1.29 is 9.90 Å². The smallest absolute Gasteiger partial charge is 0.307 e. The molecule has 18 heavy (non-hydrogen) atoms. The summed E-state index contributed by atoms with van der Waals surface area (Å²) < 4.78 is 1.90. The van der Waals surface area contributed by atoms with Gasteiger partial charge in [-0.1, -0.05) is 0 Å². The van der Waals surface area contributed by atoms with Crippen LogP contribution in [0.15, 0.2) is 0 Å². The van der Waals surface area contributed by atoms with Gasteiger partial charge in [-0.15, -0.1) is 0 Å². The van der Waals surface area contributed by atoms with Crippen LogP contribution in [0.4, 0.5) is 0 Å². The molecule has 3 rings (SSSR count). The number of aromatic nitrogens is 3. The number of carboxylic acid groups (broad SMARTS) is 1. The van der Waals surface area contributed by atoms with E-state index in [1.807, 2.05) is 16.4 Å². The van der Waals surface area contributed by atoms with Gasteiger partial charge >= 0.3 is 5.97 Å². The molecule has 1 N–H and O–H groups in total. The third kappa shape index (κ3) is 2.39. The molecule has 1 aromatic rings. The van der Waals surface area contributed by atoms with Crippen molar-refractivity contribution in [2.24, 2.45) is 5.92 Å². The zero-order chi connectivity index (χ0) is 12.5. The lowest BCUT2D eigenvalue weighted by molar-refractivity contribution is -0.142. The van der Waals surface area contributed by atoms with Crippen LogP contribution in [0.3, 0.4) is 0 Å². The van der Waals surface area contributed by atoms with E-state index in [2.05, 4.69) is 10.1 Å². The van der Waals surface area contributed by atoms with Crippen LogP contribution in [-0.2, 0) is 24.2 Å². The van der Waals surface area contributed by atoms with Gasteiger partial charge in [0.15, 0.2) is 5.82 Å². The normalized spacial score (nSPS) is 27.1. The van der Waals surface area contributed by atoms with Crippen molar-refractivity contribution in [3.05, 3.63) is 11.6 Å². The van der Waals surface area contributed by atoms with Gasteiger partial charge < -0.3 is 5.11 Å². The van der Waals surface area contributed by atoms with Crippen molar-refractivity contribution in [1.82, 2.24) is 14.8 Å². The Morgan fingerprint density at radius 2 is 2.39 bits per heavy atom. The Kier molecular flexibility index (Phi) is 3.28. The highest BCUT2D eigenvalue weighted by molar-refractivity contribution is 8.00. The van der Waals surface area contributed by atoms with Crippen LogP contribution < -0.4 is 0 Å². The molecular formula is C12H17N3O2S. The van der Waals surface area contributed by atoms with Crippen LogP contribution in [0, 0.1) is 5.92 Å². The van der Waals surface area contributed by atoms with Crippen molar-refractivity contribution in [3.8, 4) is 0 Å². The summed E-state index contributed by atoms with van der Waals surface area (Å²) in [5.41, 5.74) is 0. The molecule has 1 saturated heterocycles. The largest absolute Gasteiger partial charge is 0.481 e. The zero-order valence-corrected chi connectivity index (χ0v) is 11.0. The van der Waals surface area contributed by atoms with Crippen molar-refractivity contribution in [2.45, 2.75) is 43.9 Å². The second-order valence-corrected chi connectivity index (χ2v) is 6.44. The first-order valence-corrected chi connectivity index (χ1v) is 7.54. The Morgan fingerprint density at radius 1 is 1.50 bits per heavy atom. The monoisotopic (exact) mass is 267 g/mol. The van der Waals surface area contributed by atoms with Crippen LogP contribution in [0.25, 0.3) is 0 Å². The summed E-state index contributed by atoms with van der Waals surface area (Å²) in [5, 5.41) is 14.2. The van der Waals surface area contributed by atoms with E-state index in [9.17, 15) is 4.79 Å². The molecule has 0 amide bonds. The number of nitrogens with zero attached hydrogens (tertiary/aromatic N) is 3. The Hall–Kier alpha value is -1.04. The fraction of sp³-hybridized carbons (Fsp3) is 0.750. The van der Waals surface area contributed by atoms with E-state index in [0.717, 1.165) is 18.1 Å². The summed E-state index contributed by atoms with van der Waals surface area (Å²) in [6.07, 6.45) is 4.68. The van der Waals surface area contributed by atoms with Crippen LogP contribution in [0.2, 0.25) is 0 Å². The van der Waals surface area contributed by atoms with Gasteiger partial charge in [0.25, 0.3) is 0 Å². The van der Waals surface area contributed by atoms with Gasteiger partial charge in [0.1, 0.15) is 5.82 Å². The second kappa shape index (κ2) is 4.91. The molecule has 0 aliphatic carbocycles. The van der Waals surface area contributed by atoms with Gasteiger partial charge in [-0.25, -0.2) is 9.67 Å². The lowest BCUT2D eigenvalue weighted by Gasteiger charge is -2.17. The average Bonchev–Trinajstić information content (AvgIpc) is 2.96. The molecule has 1 aromatic heterocycles. The number of thioether (sulfide) groups is 1. The topological polar surface area (TPSA) is 68.0 Å². The molecule has 0 saturated carbocycles. The minimum atomic E-state index is -0.711. The number of carboxylic acids is 1. The van der Waals surface area contributed by atoms with Crippen LogP contribution in [0.5, 0.6) is 0 Å². The van der Waals surface area contributed by atoms with Gasteiger partial charge in [-0.3, -0.25) is 4.79 Å². The molecule has 0 aromatic carbocycles. The van der Waals surface area contributed by atoms with E-state index in [-0.39, 0.29) is 5.92 Å². The summed E-state index contributed by atoms with van der Waals surface area (Å²) in [7, 11) is 0. The van der Waals surface area contributed by atoms with Crippen LogP contribution >= 0.6 is 11.8 Å². The number of carbonyl (C=O) groups is 1. The van der Waals surface area contributed by atoms with Gasteiger partial charge in [-0.05, 0) is 25.0 Å². The van der Waals surface area contributed by atoms with Crippen molar-refractivity contribution >= 4 is 17.7 Å². The van der Waals surface area contributed by atoms with E-state index in [1.54, 1.807) is 0 Å². The molecule has 2 aliphatic rings. The Balaban J connectivity index is 1.70. The molecular weight excluding hydrogens is 250 g/mol. The molecule has 0 spiro atoms. The molecule has 98 valence electrons. The lowest BCUT2D eigenvalue weighted by atomic mass is 9.98. The van der Waals surface area contributed by atoms with Gasteiger partial charge in [-0.2, -0.15) is 16.9 Å². The Labute approximate surface area is 110 Å². The Bertz CT molecular complexity index is 454. The summed E-state index contributed by atoms with van der Waals surface area (Å²) in [6, 6.07) is 0. The summed E-state index contributed by atoms with van der Waals surface area (Å²) in [4.78, 5) is 15.5. The SMILES string of the molecule is O=C(O)C1CCn2nc(CC3CCCS3)nc2C1. The van der Waals surface area contributed by atoms with E-state index in [0.29, 0.717) is 24.6 Å². The number of aryl methyl sites for hydroxylation is 1. The molecule has 0 bridgehead atoms. The minimum absolute atomic E-state index is 0.282. The predicted molar refractivity (Wildman–Crippen MR) is 68.7 cm³/mol. The van der Waals surface area contributed by atoms with E-state index < -0.39 is 5.97 Å². The highest BCUT2D eigenvalue weighted by atomic mass is 32.2. The second-order valence-electron chi connectivity index (χ2n) is 5.03. The number of hydrogen-bond donors (Lipinski definition) is 1. The van der Waals surface area contributed by atoms with E-state index in [4.69, 9.17) is 5.11 Å². The fourth-order valence-corrected chi connectivity index (χ4v) is 3.93. The van der Waals surface area contributed by atoms with E-state index in [1.165, 1.54) is 18.6 Å². The molecule has 2 unspecified atom stereocenters. The summed E-state index contributed by atoms with van der Waals surface area (Å²) >= 11 is 2.01. The lowest BCUT2D eigenvalue weighted by Crippen LogP contribution is -2.26. The molecule has 6 heteroatoms. The first kappa shape index (κ1) is 12.0. The third-order valence-electron chi connectivity index (χ3n) is 3.69. The van der Waals surface area contributed by atoms with Gasteiger partial charge in [0, 0.05) is 24.6 Å². The van der Waals surface area contributed by atoms with Crippen molar-refractivity contribution in [3.63, 3.8) is 0 Å². The fourth-order valence-electron chi connectivity index (χ4n) is 2.66. The van der Waals surface area contributed by atoms with E-state index >= 15 is 0 Å². The van der Waals surface area contributed by atoms with Crippen molar-refractivity contribution in [2.75, 3.05) is 5.75 Å². The summed E-state index contributed by atoms with van der Waals surface area (Å²) in [5.74, 6) is 2.01. The quantitative estimate of drug-likeness (QED) is 0.895. The van der Waals surface area contributed by atoms with Crippen molar-refractivity contribution in [1.29, 1.82) is 0 Å². The number of fused-ring (bicyclic) bond motifs is 1. The van der Waals surface area contributed by atoms with Gasteiger partial charge in [0.05, 0.1) is 5.92 Å². The molecule has 0 radical (unpaired) electrons. The van der Waals surface area contributed by atoms with Crippen LogP contribution in [-0.4, -0.2) is 36.8 Å². The number of aliphatic carboxylic acids is 1. The van der Waals surface area contributed by atoms with Crippen LogP contribution in [0.1, 0.15) is 30.9 Å². The first-order valence-electron chi connectivity index (χ1n) is 6.49. The maximum Gasteiger partial charge on any atom is 0.307 e. The number of rotatable bonds is 3. The maximum atomic E-state index is 11.0. The molecule has 1 fully saturated rings. The first-order chi connectivity index (χ1) is 8.72.